The van der Waals surface area contributed by atoms with Crippen molar-refractivity contribution < 1.29 is 17.9 Å². The smallest absolute Gasteiger partial charge is 0.245 e. The van der Waals surface area contributed by atoms with E-state index in [1.807, 2.05) is 0 Å². The van der Waals surface area contributed by atoms with Gasteiger partial charge in [-0.15, -0.1) is 0 Å². The quantitative estimate of drug-likeness (QED) is 0.860. The molecule has 1 aromatic carbocycles. The number of halogens is 2. The van der Waals surface area contributed by atoms with E-state index in [1.165, 1.54) is 19.2 Å². The lowest BCUT2D eigenvalue weighted by atomic mass is 10.1. The van der Waals surface area contributed by atoms with E-state index in [0.29, 0.717) is 19.4 Å². The van der Waals surface area contributed by atoms with Crippen LogP contribution in [0, 0.1) is 0 Å². The Morgan fingerprint density at radius 1 is 1.38 bits per heavy atom. The van der Waals surface area contributed by atoms with Gasteiger partial charge in [-0.1, -0.05) is 23.2 Å². The first-order valence-corrected chi connectivity index (χ1v) is 8.42. The van der Waals surface area contributed by atoms with Gasteiger partial charge in [0, 0.05) is 6.54 Å². The molecule has 1 atom stereocenters. The van der Waals surface area contributed by atoms with E-state index < -0.39 is 16.1 Å². The number of sulfonamides is 1. The molecule has 0 saturated carbocycles. The second kappa shape index (κ2) is 6.39. The number of nitrogens with one attached hydrogen (secondary N) is 2. The molecule has 0 aliphatic carbocycles. The molecule has 0 bridgehead atoms. The molecule has 9 heteroatoms. The van der Waals surface area contributed by atoms with Crippen LogP contribution in [0.5, 0.6) is 5.75 Å². The fourth-order valence-corrected chi connectivity index (χ4v) is 3.90. The van der Waals surface area contributed by atoms with Crippen LogP contribution in [0.3, 0.4) is 0 Å². The van der Waals surface area contributed by atoms with Crippen LogP contribution in [0.25, 0.3) is 0 Å². The van der Waals surface area contributed by atoms with Crippen LogP contribution in [-0.2, 0) is 14.8 Å². The highest BCUT2D eigenvalue weighted by Gasteiger charge is 2.30. The van der Waals surface area contributed by atoms with Crippen molar-refractivity contribution in [3.05, 3.63) is 22.2 Å². The van der Waals surface area contributed by atoms with Crippen LogP contribution in [0.15, 0.2) is 17.0 Å². The maximum absolute atomic E-state index is 12.4. The van der Waals surface area contributed by atoms with Crippen LogP contribution in [0.4, 0.5) is 0 Å². The molecular weight excluding hydrogens is 339 g/mol. The molecular formula is C12H14Cl2N2O4S. The summed E-state index contributed by atoms with van der Waals surface area (Å²) < 4.78 is 32.2. The summed E-state index contributed by atoms with van der Waals surface area (Å²) in [6.45, 7) is 0.549. The van der Waals surface area contributed by atoms with Gasteiger partial charge in [0.15, 0.2) is 5.75 Å². The van der Waals surface area contributed by atoms with E-state index in [4.69, 9.17) is 27.9 Å². The number of hydrogen-bond donors (Lipinski definition) is 2. The van der Waals surface area contributed by atoms with E-state index in [1.54, 1.807) is 0 Å². The monoisotopic (exact) mass is 352 g/mol. The van der Waals surface area contributed by atoms with E-state index in [2.05, 4.69) is 10.0 Å². The molecule has 0 aromatic heterocycles. The lowest BCUT2D eigenvalue weighted by molar-refractivity contribution is -0.124. The topological polar surface area (TPSA) is 84.5 Å². The number of methoxy groups -OCH3 is 1. The highest BCUT2D eigenvalue weighted by Crippen LogP contribution is 2.37. The van der Waals surface area contributed by atoms with Gasteiger partial charge in [-0.2, -0.15) is 4.72 Å². The molecule has 1 heterocycles. The average molecular weight is 353 g/mol. The first kappa shape index (κ1) is 16.4. The predicted octanol–water partition coefficient (Wildman–Crippen LogP) is 1.56. The fraction of sp³-hybridized carbons (Fsp3) is 0.417. The van der Waals surface area contributed by atoms with Crippen LogP contribution < -0.4 is 14.8 Å². The molecule has 1 aliphatic rings. The summed E-state index contributed by atoms with van der Waals surface area (Å²) >= 11 is 11.8. The Hall–Kier alpha value is -1.02. The van der Waals surface area contributed by atoms with Crippen molar-refractivity contribution in [3.63, 3.8) is 0 Å². The van der Waals surface area contributed by atoms with Crippen molar-refractivity contribution in [2.45, 2.75) is 23.8 Å². The van der Waals surface area contributed by atoms with Gasteiger partial charge in [0.1, 0.15) is 16.0 Å². The molecule has 1 aliphatic heterocycles. The summed E-state index contributed by atoms with van der Waals surface area (Å²) in [6.07, 6.45) is 1.14. The molecule has 1 aromatic rings. The number of rotatable bonds is 4. The van der Waals surface area contributed by atoms with Crippen molar-refractivity contribution in [2.75, 3.05) is 13.7 Å². The van der Waals surface area contributed by atoms with Crippen molar-refractivity contribution in [3.8, 4) is 5.75 Å². The fourth-order valence-electron chi connectivity index (χ4n) is 2.05. The zero-order chi connectivity index (χ0) is 15.6. The highest BCUT2D eigenvalue weighted by atomic mass is 35.5. The highest BCUT2D eigenvalue weighted by molar-refractivity contribution is 7.89. The normalized spacial score (nSPS) is 19.2. The molecule has 2 rings (SSSR count). The van der Waals surface area contributed by atoms with Crippen molar-refractivity contribution >= 4 is 39.1 Å². The first-order chi connectivity index (χ1) is 9.86. The van der Waals surface area contributed by atoms with Gasteiger partial charge in [-0.3, -0.25) is 4.79 Å². The lowest BCUT2D eigenvalue weighted by Gasteiger charge is -2.23. The second-order valence-electron chi connectivity index (χ2n) is 4.50. The van der Waals surface area contributed by atoms with Gasteiger partial charge >= 0.3 is 0 Å². The van der Waals surface area contributed by atoms with Crippen LogP contribution in [-0.4, -0.2) is 34.0 Å². The Morgan fingerprint density at radius 3 is 2.71 bits per heavy atom. The lowest BCUT2D eigenvalue weighted by Crippen LogP contribution is -2.50. The molecule has 21 heavy (non-hydrogen) atoms. The Labute approximate surface area is 132 Å². The number of carbonyl (C=O) groups is 1. The SMILES string of the molecule is COc1c(S(=O)(=O)N[C@@H]2CCCNC2=O)ccc(Cl)c1Cl. The molecule has 6 nitrogen and oxygen atoms in total. The van der Waals surface area contributed by atoms with Gasteiger partial charge in [0.25, 0.3) is 0 Å². The Morgan fingerprint density at radius 2 is 2.10 bits per heavy atom. The number of amides is 1. The third-order valence-electron chi connectivity index (χ3n) is 3.09. The van der Waals surface area contributed by atoms with Crippen LogP contribution in [0.1, 0.15) is 12.8 Å². The molecule has 0 radical (unpaired) electrons. The Bertz CT molecular complexity index is 663. The maximum Gasteiger partial charge on any atom is 0.245 e. The summed E-state index contributed by atoms with van der Waals surface area (Å²) in [5.74, 6) is -0.392. The molecule has 116 valence electrons. The standard InChI is InChI=1S/C12H14Cl2N2O4S/c1-20-11-9(5-4-7(13)10(11)14)21(18,19)16-8-3-2-6-15-12(8)17/h4-5,8,16H,2-3,6H2,1H3,(H,15,17)/t8-/m1/s1. The largest absolute Gasteiger partial charge is 0.494 e. The number of carbonyl (C=O) groups excluding carboxylic acids is 1. The minimum absolute atomic E-state index is 0.00939. The van der Waals surface area contributed by atoms with Gasteiger partial charge < -0.3 is 10.1 Å². The summed E-state index contributed by atoms with van der Waals surface area (Å²) in [5.41, 5.74) is 0. The van der Waals surface area contributed by atoms with Crippen molar-refractivity contribution in [1.82, 2.24) is 10.0 Å². The third kappa shape index (κ3) is 3.42. The van der Waals surface area contributed by atoms with Gasteiger partial charge in [-0.05, 0) is 25.0 Å². The van der Waals surface area contributed by atoms with E-state index in [9.17, 15) is 13.2 Å². The summed E-state index contributed by atoms with van der Waals surface area (Å²) in [7, 11) is -2.66. The summed E-state index contributed by atoms with van der Waals surface area (Å²) in [5, 5.41) is 2.80. The predicted molar refractivity (Wildman–Crippen MR) is 79.4 cm³/mol. The van der Waals surface area contributed by atoms with Gasteiger partial charge in [0.2, 0.25) is 15.9 Å². The number of ether oxygens (including phenoxy) is 1. The zero-order valence-electron chi connectivity index (χ0n) is 11.2. The van der Waals surface area contributed by atoms with Crippen molar-refractivity contribution in [1.29, 1.82) is 0 Å². The van der Waals surface area contributed by atoms with Crippen LogP contribution >= 0.6 is 23.2 Å². The molecule has 0 unspecified atom stereocenters. The minimum Gasteiger partial charge on any atom is -0.494 e. The summed E-state index contributed by atoms with van der Waals surface area (Å²) in [6, 6.07) is 1.85. The maximum atomic E-state index is 12.4. The van der Waals surface area contributed by atoms with E-state index >= 15 is 0 Å². The molecule has 2 N–H and O–H groups in total. The minimum atomic E-state index is -3.95. The van der Waals surface area contributed by atoms with Crippen LogP contribution in [0.2, 0.25) is 10.0 Å². The second-order valence-corrected chi connectivity index (χ2v) is 6.97. The Kier molecular flexibility index (Phi) is 4.98. The molecule has 1 fully saturated rings. The average Bonchev–Trinajstić information content (AvgIpc) is 2.43. The van der Waals surface area contributed by atoms with Crippen molar-refractivity contribution in [2.24, 2.45) is 0 Å². The van der Waals surface area contributed by atoms with E-state index in [0.717, 1.165) is 0 Å². The number of benzene rings is 1. The first-order valence-electron chi connectivity index (χ1n) is 6.19. The Balaban J connectivity index is 2.36. The number of hydrogen-bond acceptors (Lipinski definition) is 4. The molecule has 1 saturated heterocycles. The summed E-state index contributed by atoms with van der Waals surface area (Å²) in [4.78, 5) is 11.5. The molecule has 0 spiro atoms. The number of piperidine rings is 1. The van der Waals surface area contributed by atoms with Gasteiger partial charge in [-0.25, -0.2) is 8.42 Å². The molecule has 1 amide bonds. The third-order valence-corrected chi connectivity index (χ3v) is 5.37. The van der Waals surface area contributed by atoms with E-state index in [-0.39, 0.29) is 26.6 Å². The zero-order valence-corrected chi connectivity index (χ0v) is 13.5. The van der Waals surface area contributed by atoms with Gasteiger partial charge in [0.05, 0.1) is 12.1 Å².